The molecule has 4 nitrogen and oxygen atoms in total. The lowest BCUT2D eigenvalue weighted by molar-refractivity contribution is -0.385. The summed E-state index contributed by atoms with van der Waals surface area (Å²) in [7, 11) is 0. The number of nitro benzene ring substituents is 1. The summed E-state index contributed by atoms with van der Waals surface area (Å²) in [6, 6.07) is 3.08. The first-order valence-corrected chi connectivity index (χ1v) is 4.79. The number of nitro groups is 1. The van der Waals surface area contributed by atoms with Gasteiger partial charge >= 0.3 is 0 Å². The number of benzene rings is 1. The summed E-state index contributed by atoms with van der Waals surface area (Å²) in [5.41, 5.74) is 5.95. The molecule has 1 aromatic carbocycles. The maximum atomic E-state index is 13.4. The van der Waals surface area contributed by atoms with Crippen LogP contribution < -0.4 is 5.73 Å². The third kappa shape index (κ3) is 1.97. The molecule has 80 valence electrons. The minimum Gasteiger partial charge on any atom is -0.324 e. The molecule has 1 aliphatic rings. The Kier molecular flexibility index (Phi) is 2.40. The molecule has 2 N–H and O–H groups in total. The van der Waals surface area contributed by atoms with Crippen LogP contribution >= 0.6 is 0 Å². The van der Waals surface area contributed by atoms with E-state index in [-0.39, 0.29) is 17.2 Å². The SMILES string of the molecule is N[C@@H](c1cc([N+](=O)[O-])ccc1F)C1CC1. The molecule has 0 aromatic heterocycles. The molecule has 0 spiro atoms. The quantitative estimate of drug-likeness (QED) is 0.613. The summed E-state index contributed by atoms with van der Waals surface area (Å²) >= 11 is 0. The van der Waals surface area contributed by atoms with Gasteiger partial charge in [-0.3, -0.25) is 10.1 Å². The van der Waals surface area contributed by atoms with Crippen molar-refractivity contribution < 1.29 is 9.31 Å². The smallest absolute Gasteiger partial charge is 0.269 e. The van der Waals surface area contributed by atoms with Crippen molar-refractivity contribution >= 4 is 5.69 Å². The number of hydrogen-bond acceptors (Lipinski definition) is 3. The van der Waals surface area contributed by atoms with Crippen LogP contribution in [0.2, 0.25) is 0 Å². The summed E-state index contributed by atoms with van der Waals surface area (Å²) in [6.45, 7) is 0. The van der Waals surface area contributed by atoms with Gasteiger partial charge in [0.25, 0.3) is 5.69 Å². The van der Waals surface area contributed by atoms with Gasteiger partial charge in [-0.1, -0.05) is 0 Å². The van der Waals surface area contributed by atoms with Crippen molar-refractivity contribution in [2.24, 2.45) is 11.7 Å². The highest BCUT2D eigenvalue weighted by Crippen LogP contribution is 2.40. The molecule has 0 unspecified atom stereocenters. The number of non-ortho nitro benzene ring substituents is 1. The molecule has 0 bridgehead atoms. The lowest BCUT2D eigenvalue weighted by Crippen LogP contribution is -2.14. The van der Waals surface area contributed by atoms with Gasteiger partial charge in [-0.05, 0) is 24.8 Å². The molecule has 1 atom stereocenters. The highest BCUT2D eigenvalue weighted by molar-refractivity contribution is 5.37. The second-order valence-electron chi connectivity index (χ2n) is 3.83. The standard InChI is InChI=1S/C10H11FN2O2/c11-9-4-3-7(13(14)15)5-8(9)10(12)6-1-2-6/h3-6,10H,1-2,12H2/t10-/m1/s1. The number of halogens is 1. The maximum Gasteiger partial charge on any atom is 0.269 e. The Bertz CT molecular complexity index is 404. The van der Waals surface area contributed by atoms with Crippen LogP contribution in [0.1, 0.15) is 24.4 Å². The van der Waals surface area contributed by atoms with Crippen molar-refractivity contribution in [2.75, 3.05) is 0 Å². The molecule has 15 heavy (non-hydrogen) atoms. The molecule has 0 radical (unpaired) electrons. The molecule has 0 saturated heterocycles. The molecule has 1 aromatic rings. The number of nitrogens with two attached hydrogens (primary N) is 1. The van der Waals surface area contributed by atoms with Crippen LogP contribution in [0.4, 0.5) is 10.1 Å². The Morgan fingerprint density at radius 2 is 2.20 bits per heavy atom. The number of rotatable bonds is 3. The predicted octanol–water partition coefficient (Wildman–Crippen LogP) is 2.14. The van der Waals surface area contributed by atoms with Gasteiger partial charge in [0, 0.05) is 23.7 Å². The van der Waals surface area contributed by atoms with Crippen molar-refractivity contribution in [3.8, 4) is 0 Å². The zero-order valence-electron chi connectivity index (χ0n) is 8.02. The van der Waals surface area contributed by atoms with Gasteiger partial charge in [0.2, 0.25) is 0 Å². The zero-order valence-corrected chi connectivity index (χ0v) is 8.02. The first-order valence-electron chi connectivity index (χ1n) is 4.79. The molecule has 1 aliphatic carbocycles. The summed E-state index contributed by atoms with van der Waals surface area (Å²) < 4.78 is 13.4. The molecule has 0 amide bonds. The lowest BCUT2D eigenvalue weighted by atomic mass is 10.0. The Hall–Kier alpha value is -1.49. The minimum absolute atomic E-state index is 0.109. The fourth-order valence-corrected chi connectivity index (χ4v) is 1.61. The second-order valence-corrected chi connectivity index (χ2v) is 3.83. The van der Waals surface area contributed by atoms with E-state index in [9.17, 15) is 14.5 Å². The summed E-state index contributed by atoms with van der Waals surface area (Å²) in [5, 5.41) is 10.5. The van der Waals surface area contributed by atoms with Crippen LogP contribution in [0.25, 0.3) is 0 Å². The van der Waals surface area contributed by atoms with Crippen LogP contribution in [0.3, 0.4) is 0 Å². The van der Waals surface area contributed by atoms with Crippen LogP contribution in [0, 0.1) is 21.8 Å². The highest BCUT2D eigenvalue weighted by Gasteiger charge is 2.31. The Morgan fingerprint density at radius 3 is 2.73 bits per heavy atom. The van der Waals surface area contributed by atoms with E-state index in [1.54, 1.807) is 0 Å². The van der Waals surface area contributed by atoms with E-state index >= 15 is 0 Å². The van der Waals surface area contributed by atoms with Gasteiger partial charge in [0.15, 0.2) is 0 Å². The van der Waals surface area contributed by atoms with Crippen molar-refractivity contribution in [1.82, 2.24) is 0 Å². The summed E-state index contributed by atoms with van der Waals surface area (Å²) in [6.07, 6.45) is 1.95. The first kappa shape index (κ1) is 10.0. The molecule has 1 fully saturated rings. The zero-order chi connectivity index (χ0) is 11.0. The largest absolute Gasteiger partial charge is 0.324 e. The van der Waals surface area contributed by atoms with E-state index in [0.717, 1.165) is 25.0 Å². The topological polar surface area (TPSA) is 69.2 Å². The summed E-state index contributed by atoms with van der Waals surface area (Å²) in [5.74, 6) is -0.179. The van der Waals surface area contributed by atoms with Crippen molar-refractivity contribution in [3.63, 3.8) is 0 Å². The van der Waals surface area contributed by atoms with E-state index in [1.165, 1.54) is 6.07 Å². The molecular formula is C10H11FN2O2. The highest BCUT2D eigenvalue weighted by atomic mass is 19.1. The van der Waals surface area contributed by atoms with Gasteiger partial charge in [-0.15, -0.1) is 0 Å². The first-order chi connectivity index (χ1) is 7.09. The minimum atomic E-state index is -0.539. The van der Waals surface area contributed by atoms with Gasteiger partial charge in [0.1, 0.15) is 5.82 Å². The Morgan fingerprint density at radius 1 is 1.53 bits per heavy atom. The maximum absolute atomic E-state index is 13.4. The van der Waals surface area contributed by atoms with Crippen LogP contribution in [-0.2, 0) is 0 Å². The van der Waals surface area contributed by atoms with Gasteiger partial charge in [0.05, 0.1) is 4.92 Å². The van der Waals surface area contributed by atoms with Crippen molar-refractivity contribution in [3.05, 3.63) is 39.7 Å². The molecular weight excluding hydrogens is 199 g/mol. The Labute approximate surface area is 86.0 Å². The normalized spacial score (nSPS) is 17.5. The van der Waals surface area contributed by atoms with E-state index in [0.29, 0.717) is 0 Å². The van der Waals surface area contributed by atoms with Gasteiger partial charge < -0.3 is 5.73 Å². The van der Waals surface area contributed by atoms with Crippen LogP contribution in [0.5, 0.6) is 0 Å². The van der Waals surface area contributed by atoms with E-state index < -0.39 is 16.8 Å². The fourth-order valence-electron chi connectivity index (χ4n) is 1.61. The fraction of sp³-hybridized carbons (Fsp3) is 0.400. The average molecular weight is 210 g/mol. The molecule has 5 heteroatoms. The van der Waals surface area contributed by atoms with Crippen molar-refractivity contribution in [2.45, 2.75) is 18.9 Å². The van der Waals surface area contributed by atoms with Gasteiger partial charge in [-0.25, -0.2) is 4.39 Å². The lowest BCUT2D eigenvalue weighted by Gasteiger charge is -2.11. The van der Waals surface area contributed by atoms with E-state index in [4.69, 9.17) is 5.73 Å². The molecule has 1 saturated carbocycles. The third-order valence-corrected chi connectivity index (χ3v) is 2.68. The number of nitrogens with zero attached hydrogens (tertiary/aromatic N) is 1. The monoisotopic (exact) mass is 210 g/mol. The molecule has 0 aliphatic heterocycles. The van der Waals surface area contributed by atoms with E-state index in [1.807, 2.05) is 0 Å². The predicted molar refractivity (Wildman–Crippen MR) is 52.7 cm³/mol. The molecule has 0 heterocycles. The Balaban J connectivity index is 2.35. The van der Waals surface area contributed by atoms with Gasteiger partial charge in [-0.2, -0.15) is 0 Å². The average Bonchev–Trinajstić information content (AvgIpc) is 3.00. The van der Waals surface area contributed by atoms with E-state index in [2.05, 4.69) is 0 Å². The van der Waals surface area contributed by atoms with Crippen LogP contribution in [0.15, 0.2) is 18.2 Å². The van der Waals surface area contributed by atoms with Crippen LogP contribution in [-0.4, -0.2) is 4.92 Å². The second kappa shape index (κ2) is 3.58. The molecule has 2 rings (SSSR count). The van der Waals surface area contributed by atoms with Crippen molar-refractivity contribution in [1.29, 1.82) is 0 Å². The summed E-state index contributed by atoms with van der Waals surface area (Å²) in [4.78, 5) is 9.98. The number of hydrogen-bond donors (Lipinski definition) is 1. The third-order valence-electron chi connectivity index (χ3n) is 2.68.